The lowest BCUT2D eigenvalue weighted by Crippen LogP contribution is -2.11. The first-order chi connectivity index (χ1) is 26.3. The maximum atomic E-state index is 6.78. The van der Waals surface area contributed by atoms with Gasteiger partial charge >= 0.3 is 0 Å². The van der Waals surface area contributed by atoms with Crippen molar-refractivity contribution in [3.63, 3.8) is 0 Å². The standard InChI is InChI=1S/C50H32N2O/c1-3-13-33(14-4-1)40-29-30-46(49-43-20-10-12-22-48(43)53-50(40)49)51(37-26-25-35-24-23-34-15-7-8-18-39(34)44(35)31-37)38-27-28-42-41-19-9-11-21-45(41)52(47(42)32-38)36-16-5-2-6-17-36/h1-32H. The number of anilines is 3. The summed E-state index contributed by atoms with van der Waals surface area (Å²) >= 11 is 0. The summed E-state index contributed by atoms with van der Waals surface area (Å²) in [6.45, 7) is 0. The molecule has 11 rings (SSSR count). The molecule has 0 aliphatic carbocycles. The average Bonchev–Trinajstić information content (AvgIpc) is 3.78. The van der Waals surface area contributed by atoms with Gasteiger partial charge in [0, 0.05) is 38.8 Å². The highest BCUT2D eigenvalue weighted by molar-refractivity contribution is 6.18. The van der Waals surface area contributed by atoms with Crippen LogP contribution in [0.4, 0.5) is 17.1 Å². The largest absolute Gasteiger partial charge is 0.455 e. The van der Waals surface area contributed by atoms with Crippen molar-refractivity contribution in [2.45, 2.75) is 0 Å². The van der Waals surface area contributed by atoms with Gasteiger partial charge in [0.25, 0.3) is 0 Å². The van der Waals surface area contributed by atoms with Gasteiger partial charge in [-0.15, -0.1) is 0 Å². The molecule has 0 N–H and O–H groups in total. The van der Waals surface area contributed by atoms with E-state index in [-0.39, 0.29) is 0 Å². The van der Waals surface area contributed by atoms with Crippen LogP contribution in [0.1, 0.15) is 0 Å². The van der Waals surface area contributed by atoms with Gasteiger partial charge in [0.2, 0.25) is 0 Å². The van der Waals surface area contributed by atoms with Crippen LogP contribution < -0.4 is 4.90 Å². The molecule has 248 valence electrons. The van der Waals surface area contributed by atoms with Crippen molar-refractivity contribution in [3.05, 3.63) is 194 Å². The van der Waals surface area contributed by atoms with Crippen LogP contribution in [-0.2, 0) is 0 Å². The Morgan fingerprint density at radius 1 is 0.415 bits per heavy atom. The summed E-state index contributed by atoms with van der Waals surface area (Å²) in [5, 5.41) is 9.53. The van der Waals surface area contributed by atoms with Gasteiger partial charge in [-0.1, -0.05) is 133 Å². The number of nitrogens with zero attached hydrogens (tertiary/aromatic N) is 2. The third kappa shape index (κ3) is 4.61. The zero-order valence-corrected chi connectivity index (χ0v) is 28.8. The number of hydrogen-bond acceptors (Lipinski definition) is 2. The molecule has 53 heavy (non-hydrogen) atoms. The number of aromatic nitrogens is 1. The molecule has 11 aromatic rings. The van der Waals surface area contributed by atoms with Crippen LogP contribution in [0.15, 0.2) is 199 Å². The minimum atomic E-state index is 0.872. The molecule has 0 saturated heterocycles. The van der Waals surface area contributed by atoms with Gasteiger partial charge < -0.3 is 13.9 Å². The summed E-state index contributed by atoms with van der Waals surface area (Å²) in [4.78, 5) is 2.42. The van der Waals surface area contributed by atoms with Crippen LogP contribution >= 0.6 is 0 Å². The molecule has 0 bridgehead atoms. The smallest absolute Gasteiger partial charge is 0.145 e. The molecule has 3 nitrogen and oxygen atoms in total. The Morgan fingerprint density at radius 3 is 1.89 bits per heavy atom. The van der Waals surface area contributed by atoms with E-state index in [1.54, 1.807) is 0 Å². The van der Waals surface area contributed by atoms with Crippen molar-refractivity contribution in [1.29, 1.82) is 0 Å². The van der Waals surface area contributed by atoms with Gasteiger partial charge in [-0.2, -0.15) is 0 Å². The quantitative estimate of drug-likeness (QED) is 0.169. The molecular weight excluding hydrogens is 645 g/mol. The van der Waals surface area contributed by atoms with Crippen LogP contribution in [0.3, 0.4) is 0 Å². The Kier molecular flexibility index (Phi) is 6.55. The van der Waals surface area contributed by atoms with Crippen LogP contribution in [-0.4, -0.2) is 4.57 Å². The number of furan rings is 1. The lowest BCUT2D eigenvalue weighted by Gasteiger charge is -2.27. The number of rotatable bonds is 5. The van der Waals surface area contributed by atoms with E-state index in [0.717, 1.165) is 61.3 Å². The number of fused-ring (bicyclic) bond motifs is 9. The topological polar surface area (TPSA) is 21.3 Å². The average molecular weight is 677 g/mol. The van der Waals surface area contributed by atoms with E-state index in [2.05, 4.69) is 204 Å². The van der Waals surface area contributed by atoms with Crippen molar-refractivity contribution in [2.75, 3.05) is 4.90 Å². The third-order valence-electron chi connectivity index (χ3n) is 10.7. The predicted molar refractivity (Wildman–Crippen MR) is 223 cm³/mol. The Morgan fingerprint density at radius 2 is 1.04 bits per heavy atom. The van der Waals surface area contributed by atoms with Gasteiger partial charge in [-0.25, -0.2) is 0 Å². The number of benzene rings is 9. The Bertz CT molecular complexity index is 3170. The van der Waals surface area contributed by atoms with E-state index in [1.165, 1.54) is 37.8 Å². The van der Waals surface area contributed by atoms with Crippen molar-refractivity contribution >= 4 is 82.4 Å². The van der Waals surface area contributed by atoms with Gasteiger partial charge in [0.1, 0.15) is 11.2 Å². The summed E-state index contributed by atoms with van der Waals surface area (Å²) in [6.07, 6.45) is 0. The van der Waals surface area contributed by atoms with Crippen LogP contribution in [0.2, 0.25) is 0 Å². The molecule has 0 spiro atoms. The lowest BCUT2D eigenvalue weighted by atomic mass is 9.98. The first-order valence-electron chi connectivity index (χ1n) is 18.1. The predicted octanol–water partition coefficient (Wildman–Crippen LogP) is 14.1. The first kappa shape index (κ1) is 29.6. The Balaban J connectivity index is 1.25. The number of para-hydroxylation sites is 3. The number of hydrogen-bond donors (Lipinski definition) is 0. The van der Waals surface area contributed by atoms with E-state index in [1.807, 2.05) is 0 Å². The van der Waals surface area contributed by atoms with Gasteiger partial charge in [-0.05, 0) is 87.8 Å². The highest BCUT2D eigenvalue weighted by Gasteiger charge is 2.24. The maximum absolute atomic E-state index is 6.78. The van der Waals surface area contributed by atoms with E-state index in [9.17, 15) is 0 Å². The second-order valence-corrected chi connectivity index (χ2v) is 13.7. The van der Waals surface area contributed by atoms with Crippen LogP contribution in [0.25, 0.3) is 82.1 Å². The highest BCUT2D eigenvalue weighted by Crippen LogP contribution is 2.47. The molecule has 0 fully saturated rings. The molecule has 0 aliphatic rings. The van der Waals surface area contributed by atoms with Crippen molar-refractivity contribution in [3.8, 4) is 16.8 Å². The molecule has 0 unspecified atom stereocenters. The Labute approximate surface area is 306 Å². The van der Waals surface area contributed by atoms with Gasteiger partial charge in [0.15, 0.2) is 0 Å². The fourth-order valence-electron chi connectivity index (χ4n) is 8.35. The molecule has 3 heteroatoms. The zero-order valence-electron chi connectivity index (χ0n) is 28.8. The third-order valence-corrected chi connectivity index (χ3v) is 10.7. The molecule has 2 heterocycles. The first-order valence-corrected chi connectivity index (χ1v) is 18.1. The molecule has 9 aromatic carbocycles. The molecule has 2 aromatic heterocycles. The summed E-state index contributed by atoms with van der Waals surface area (Å²) in [6, 6.07) is 69.7. The molecule has 0 atom stereocenters. The summed E-state index contributed by atoms with van der Waals surface area (Å²) in [7, 11) is 0. The van der Waals surface area contributed by atoms with E-state index >= 15 is 0 Å². The van der Waals surface area contributed by atoms with Gasteiger partial charge in [-0.3, -0.25) is 0 Å². The van der Waals surface area contributed by atoms with Gasteiger partial charge in [0.05, 0.1) is 22.1 Å². The zero-order chi connectivity index (χ0) is 34.9. The lowest BCUT2D eigenvalue weighted by molar-refractivity contribution is 0.670. The minimum Gasteiger partial charge on any atom is -0.455 e. The SMILES string of the molecule is c1ccc(-c2ccc(N(c3ccc4ccc5ccccc5c4c3)c3ccc4c5ccccc5n(-c5ccccc5)c4c3)c3c2oc2ccccc23)cc1. The summed E-state index contributed by atoms with van der Waals surface area (Å²) < 4.78 is 9.18. The minimum absolute atomic E-state index is 0.872. The van der Waals surface area contributed by atoms with E-state index in [4.69, 9.17) is 4.42 Å². The van der Waals surface area contributed by atoms with E-state index in [0.29, 0.717) is 0 Å². The Hall–Kier alpha value is -7.10. The van der Waals surface area contributed by atoms with Crippen molar-refractivity contribution in [2.24, 2.45) is 0 Å². The molecule has 0 saturated carbocycles. The summed E-state index contributed by atoms with van der Waals surface area (Å²) in [5.74, 6) is 0. The van der Waals surface area contributed by atoms with Crippen LogP contribution in [0, 0.1) is 0 Å². The monoisotopic (exact) mass is 676 g/mol. The van der Waals surface area contributed by atoms with E-state index < -0.39 is 0 Å². The molecular formula is C50H32N2O. The second kappa shape index (κ2) is 11.7. The molecule has 0 aliphatic heterocycles. The molecule has 0 amide bonds. The van der Waals surface area contributed by atoms with Crippen LogP contribution in [0.5, 0.6) is 0 Å². The molecule has 0 radical (unpaired) electrons. The van der Waals surface area contributed by atoms with Crippen molar-refractivity contribution < 1.29 is 4.42 Å². The maximum Gasteiger partial charge on any atom is 0.145 e. The fourth-order valence-corrected chi connectivity index (χ4v) is 8.35. The highest BCUT2D eigenvalue weighted by atomic mass is 16.3. The summed E-state index contributed by atoms with van der Waals surface area (Å²) in [5.41, 5.74) is 10.6. The second-order valence-electron chi connectivity index (χ2n) is 13.7. The normalized spacial score (nSPS) is 11.8. The fraction of sp³-hybridized carbons (Fsp3) is 0. The van der Waals surface area contributed by atoms with Crippen molar-refractivity contribution in [1.82, 2.24) is 4.57 Å².